The van der Waals surface area contributed by atoms with E-state index in [-0.39, 0.29) is 11.8 Å². The molecule has 1 aliphatic heterocycles. The fourth-order valence-corrected chi connectivity index (χ4v) is 2.87. The van der Waals surface area contributed by atoms with Crippen LogP contribution in [0.3, 0.4) is 0 Å². The largest absolute Gasteiger partial charge is 0.356 e. The van der Waals surface area contributed by atoms with Gasteiger partial charge in [0.25, 0.3) is 11.8 Å². The molecule has 0 aromatic carbocycles. The third-order valence-electron chi connectivity index (χ3n) is 4.15. The van der Waals surface area contributed by atoms with Gasteiger partial charge in [-0.15, -0.1) is 0 Å². The molecule has 2 aromatic rings. The van der Waals surface area contributed by atoms with Gasteiger partial charge in [-0.1, -0.05) is 0 Å². The topological polar surface area (TPSA) is 79.3 Å². The van der Waals surface area contributed by atoms with Crippen LogP contribution in [0.25, 0.3) is 0 Å². The van der Waals surface area contributed by atoms with Gasteiger partial charge >= 0.3 is 0 Å². The molecule has 0 atom stereocenters. The van der Waals surface area contributed by atoms with E-state index in [1.807, 2.05) is 0 Å². The lowest BCUT2D eigenvalue weighted by Gasteiger charge is -2.29. The number of rotatable bonds is 3. The molecule has 0 bridgehead atoms. The summed E-state index contributed by atoms with van der Waals surface area (Å²) in [7, 11) is 1.77. The van der Waals surface area contributed by atoms with E-state index in [2.05, 4.69) is 20.7 Å². The number of amides is 2. The Balaban J connectivity index is 1.69. The monoisotopic (exact) mass is 327 g/mol. The van der Waals surface area contributed by atoms with Gasteiger partial charge in [-0.2, -0.15) is 0 Å². The highest BCUT2D eigenvalue weighted by molar-refractivity contribution is 6.01. The summed E-state index contributed by atoms with van der Waals surface area (Å²) in [5.41, 5.74) is 5.86. The Bertz CT molecular complexity index is 734. The molecular formula is C17H21N5O2. The zero-order valence-electron chi connectivity index (χ0n) is 13.7. The molecule has 0 spiro atoms. The number of carbonyl (C=O) groups is 2. The lowest BCUT2D eigenvalue weighted by atomic mass is 10.1. The average Bonchev–Trinajstić information content (AvgIpc) is 3.06. The third kappa shape index (κ3) is 3.40. The molecule has 2 N–H and O–H groups in total. The standard InChI is InChI=1S/C17H21N5O2/c1-21-10-6-8-14(21)17(24)20-19-16(23)13-7-5-9-18-15(13)22-11-3-2-4-12-22/h5-10H,2-4,11-12H2,1H3,(H,19,23)(H,20,24). The zero-order chi connectivity index (χ0) is 16.9. The third-order valence-corrected chi connectivity index (χ3v) is 4.15. The predicted molar refractivity (Wildman–Crippen MR) is 90.6 cm³/mol. The molecule has 3 rings (SSSR count). The summed E-state index contributed by atoms with van der Waals surface area (Å²) in [6.45, 7) is 1.79. The van der Waals surface area contributed by atoms with Gasteiger partial charge < -0.3 is 9.47 Å². The normalized spacial score (nSPS) is 14.3. The summed E-state index contributed by atoms with van der Waals surface area (Å²) in [6.07, 6.45) is 6.86. The van der Waals surface area contributed by atoms with Crippen molar-refractivity contribution in [2.75, 3.05) is 18.0 Å². The Kier molecular flexibility index (Phi) is 4.79. The molecule has 1 saturated heterocycles. The fourth-order valence-electron chi connectivity index (χ4n) is 2.87. The Morgan fingerprint density at radius 3 is 2.50 bits per heavy atom. The summed E-state index contributed by atoms with van der Waals surface area (Å²) in [5, 5.41) is 0. The van der Waals surface area contributed by atoms with Gasteiger partial charge in [-0.3, -0.25) is 20.4 Å². The number of anilines is 1. The molecule has 0 saturated carbocycles. The fraction of sp³-hybridized carbons (Fsp3) is 0.353. The lowest BCUT2D eigenvalue weighted by Crippen LogP contribution is -2.43. The molecule has 7 nitrogen and oxygen atoms in total. The van der Waals surface area contributed by atoms with Crippen LogP contribution in [0.2, 0.25) is 0 Å². The van der Waals surface area contributed by atoms with Gasteiger partial charge in [0.15, 0.2) is 0 Å². The molecule has 24 heavy (non-hydrogen) atoms. The number of nitrogens with one attached hydrogen (secondary N) is 2. The van der Waals surface area contributed by atoms with Gasteiger partial charge in [0.05, 0.1) is 5.56 Å². The van der Waals surface area contributed by atoms with E-state index in [0.29, 0.717) is 17.1 Å². The van der Waals surface area contributed by atoms with Gasteiger partial charge in [0.2, 0.25) is 0 Å². The minimum atomic E-state index is -0.369. The smallest absolute Gasteiger partial charge is 0.286 e. The summed E-state index contributed by atoms with van der Waals surface area (Å²) in [6, 6.07) is 6.90. The van der Waals surface area contributed by atoms with Crippen molar-refractivity contribution in [2.45, 2.75) is 19.3 Å². The van der Waals surface area contributed by atoms with Crippen molar-refractivity contribution in [3.05, 3.63) is 47.9 Å². The van der Waals surface area contributed by atoms with Crippen LogP contribution in [-0.2, 0) is 7.05 Å². The van der Waals surface area contributed by atoms with Crippen LogP contribution < -0.4 is 15.8 Å². The SMILES string of the molecule is Cn1cccc1C(=O)NNC(=O)c1cccnc1N1CCCCC1. The summed E-state index contributed by atoms with van der Waals surface area (Å²) >= 11 is 0. The maximum absolute atomic E-state index is 12.5. The van der Waals surface area contributed by atoms with Crippen LogP contribution in [-0.4, -0.2) is 34.5 Å². The number of aromatic nitrogens is 2. The second kappa shape index (κ2) is 7.16. The van der Waals surface area contributed by atoms with Gasteiger partial charge in [-0.05, 0) is 43.5 Å². The maximum atomic E-state index is 12.5. The highest BCUT2D eigenvalue weighted by Gasteiger charge is 2.20. The first kappa shape index (κ1) is 16.0. The number of hydrogen-bond donors (Lipinski definition) is 2. The number of hydrogen-bond acceptors (Lipinski definition) is 4. The minimum absolute atomic E-state index is 0.362. The second-order valence-corrected chi connectivity index (χ2v) is 5.83. The molecule has 0 radical (unpaired) electrons. The lowest BCUT2D eigenvalue weighted by molar-refractivity contribution is 0.0842. The number of carbonyl (C=O) groups excluding carboxylic acids is 2. The van der Waals surface area contributed by atoms with Crippen LogP contribution in [0.15, 0.2) is 36.7 Å². The van der Waals surface area contributed by atoms with Gasteiger partial charge in [0.1, 0.15) is 11.5 Å². The van der Waals surface area contributed by atoms with Crippen LogP contribution in [0, 0.1) is 0 Å². The van der Waals surface area contributed by atoms with E-state index in [0.717, 1.165) is 25.9 Å². The number of aryl methyl sites for hydroxylation is 1. The number of nitrogens with zero attached hydrogens (tertiary/aromatic N) is 3. The van der Waals surface area contributed by atoms with E-state index in [9.17, 15) is 9.59 Å². The van der Waals surface area contributed by atoms with E-state index in [1.165, 1.54) is 6.42 Å². The second-order valence-electron chi connectivity index (χ2n) is 5.83. The first-order valence-corrected chi connectivity index (χ1v) is 8.09. The van der Waals surface area contributed by atoms with Crippen molar-refractivity contribution < 1.29 is 9.59 Å². The summed E-state index contributed by atoms with van der Waals surface area (Å²) in [4.78, 5) is 31.0. The average molecular weight is 327 g/mol. The molecule has 2 aromatic heterocycles. The maximum Gasteiger partial charge on any atom is 0.286 e. The van der Waals surface area contributed by atoms with Crippen molar-refractivity contribution in [3.8, 4) is 0 Å². The Morgan fingerprint density at radius 1 is 1.04 bits per heavy atom. The van der Waals surface area contributed by atoms with Crippen molar-refractivity contribution in [2.24, 2.45) is 7.05 Å². The molecule has 126 valence electrons. The van der Waals surface area contributed by atoms with Crippen LogP contribution >= 0.6 is 0 Å². The number of pyridine rings is 1. The molecule has 2 amide bonds. The number of hydrazine groups is 1. The minimum Gasteiger partial charge on any atom is -0.356 e. The quantitative estimate of drug-likeness (QED) is 0.837. The first-order valence-electron chi connectivity index (χ1n) is 8.09. The molecule has 3 heterocycles. The van der Waals surface area contributed by atoms with Gasteiger partial charge in [0, 0.05) is 32.5 Å². The van der Waals surface area contributed by atoms with Crippen molar-refractivity contribution >= 4 is 17.6 Å². The first-order chi connectivity index (χ1) is 11.7. The summed E-state index contributed by atoms with van der Waals surface area (Å²) < 4.78 is 1.69. The van der Waals surface area contributed by atoms with E-state index >= 15 is 0 Å². The van der Waals surface area contributed by atoms with Crippen molar-refractivity contribution in [1.82, 2.24) is 20.4 Å². The molecule has 0 aliphatic carbocycles. The Morgan fingerprint density at radius 2 is 1.79 bits per heavy atom. The number of piperidine rings is 1. The van der Waals surface area contributed by atoms with E-state index < -0.39 is 0 Å². The predicted octanol–water partition coefficient (Wildman–Crippen LogP) is 1.49. The Hall–Kier alpha value is -2.83. The van der Waals surface area contributed by atoms with E-state index in [4.69, 9.17) is 0 Å². The van der Waals surface area contributed by atoms with Crippen LogP contribution in [0.1, 0.15) is 40.1 Å². The highest BCUT2D eigenvalue weighted by Crippen LogP contribution is 2.21. The molecule has 1 fully saturated rings. The van der Waals surface area contributed by atoms with Crippen LogP contribution in [0.5, 0.6) is 0 Å². The van der Waals surface area contributed by atoms with E-state index in [1.54, 1.807) is 48.3 Å². The van der Waals surface area contributed by atoms with Crippen molar-refractivity contribution in [1.29, 1.82) is 0 Å². The molecule has 7 heteroatoms. The van der Waals surface area contributed by atoms with Crippen LogP contribution in [0.4, 0.5) is 5.82 Å². The molecular weight excluding hydrogens is 306 g/mol. The Labute approximate surface area is 140 Å². The summed E-state index contributed by atoms with van der Waals surface area (Å²) in [5.74, 6) is -0.0617. The van der Waals surface area contributed by atoms with Gasteiger partial charge in [-0.25, -0.2) is 4.98 Å². The zero-order valence-corrected chi connectivity index (χ0v) is 13.7. The molecule has 1 aliphatic rings. The highest BCUT2D eigenvalue weighted by atomic mass is 16.2. The molecule has 0 unspecified atom stereocenters. The van der Waals surface area contributed by atoms with Crippen molar-refractivity contribution in [3.63, 3.8) is 0 Å².